The highest BCUT2D eigenvalue weighted by molar-refractivity contribution is 5.75. The fourth-order valence-corrected chi connectivity index (χ4v) is 5.72. The summed E-state index contributed by atoms with van der Waals surface area (Å²) in [6.45, 7) is 0.969. The molecule has 0 aromatic carbocycles. The van der Waals surface area contributed by atoms with Crippen LogP contribution in [0.4, 0.5) is 0 Å². The van der Waals surface area contributed by atoms with Crippen molar-refractivity contribution in [3.05, 3.63) is 200 Å². The van der Waals surface area contributed by atoms with E-state index in [-0.39, 0.29) is 64.8 Å². The minimum Gasteiger partial charge on any atom is -0.480 e. The minimum absolute atomic E-state index is 0.145. The monoisotopic (exact) mass is 1110 g/mol. The molecule has 80 heavy (non-hydrogen) atoms. The van der Waals surface area contributed by atoms with Gasteiger partial charge in [-0.1, -0.05) is 49.8 Å². The van der Waals surface area contributed by atoms with Gasteiger partial charge in [-0.15, -0.1) is 0 Å². The molecule has 0 radical (unpaired) electrons. The maximum absolute atomic E-state index is 10.5. The number of pyridine rings is 5. The maximum atomic E-state index is 10.5. The van der Waals surface area contributed by atoms with Gasteiger partial charge in [0.15, 0.2) is 0 Å². The first kappa shape index (κ1) is 67.5. The van der Waals surface area contributed by atoms with Gasteiger partial charge < -0.3 is 54.2 Å². The summed E-state index contributed by atoms with van der Waals surface area (Å²) in [5.74, 6) is -5.29. The number of carbonyl (C=O) groups is 5. The fraction of sp³-hybridized carbons (Fsp3) is 0.333. The number of nitrogens with zero attached hydrogens (tertiary/aromatic N) is 20. The lowest BCUT2D eigenvalue weighted by Gasteiger charge is -2.06. The van der Waals surface area contributed by atoms with Gasteiger partial charge in [-0.2, -0.15) is 0 Å². The van der Waals surface area contributed by atoms with Crippen molar-refractivity contribution < 1.29 is 49.5 Å². The standard InChI is InChI=1S/5C9H11N5O2/c10-8(9(15)16)2-6-1-7(4-12-3-6)5-13-14-11;10-8(9(15)16)3-7-2-1-6(4-12-7)5-13-14-11;10-8(9(15)16)4-7-3-6(1-2-12-7)5-13-14-11;10-8(9(15)16)3-6-1-2-7(12-4-6)5-13-14-11;10-8(9(15)16)4-6-2-1-3-7(13-6)5-12-14-11/h1,3-4,8H,2,5,10H2,(H,15,16);1-2,4,8H,3,5,10H2,(H,15,16);1-3,8H,4-5,10H2,(H,15,16);1-2,4,8H,3,5,10H2,(H,15,16);1-3,8H,4-5,10H2,(H,15,16)/t5*8-/m00000/s1. The van der Waals surface area contributed by atoms with Crippen LogP contribution in [-0.4, -0.2) is 111 Å². The van der Waals surface area contributed by atoms with Crippen LogP contribution >= 0.6 is 0 Å². The summed E-state index contributed by atoms with van der Waals surface area (Å²) in [6.07, 6.45) is 8.62. The first-order chi connectivity index (χ1) is 38.2. The van der Waals surface area contributed by atoms with Gasteiger partial charge in [-0.25, -0.2) is 0 Å². The molecule has 5 atom stereocenters. The van der Waals surface area contributed by atoms with Gasteiger partial charge in [0.05, 0.1) is 32.7 Å². The molecule has 5 aromatic rings. The SMILES string of the molecule is [N-]=[N+]=NCc1ccc(C[C@H](N)C(=O)O)cn1.[N-]=[N+]=NCc1ccc(C[C@H](N)C(=O)O)nc1.[N-]=[N+]=NCc1cccc(C[C@H](N)C(=O)O)n1.[N-]=[N+]=NCc1ccnc(C[C@H](N)C(=O)O)c1.[N-]=[N+]=NCc1cncc(C[C@H](N)C(=O)O)c1. The van der Waals surface area contributed by atoms with Crippen LogP contribution in [0.1, 0.15) is 56.3 Å². The largest absolute Gasteiger partial charge is 0.480 e. The molecule has 35 heteroatoms. The van der Waals surface area contributed by atoms with Gasteiger partial charge in [-0.05, 0) is 105 Å². The molecule has 0 saturated carbocycles. The Bertz CT molecular complexity index is 2770. The molecular formula is C45H55N25O10. The second kappa shape index (κ2) is 38.9. The Labute approximate surface area is 452 Å². The van der Waals surface area contributed by atoms with Crippen molar-refractivity contribution in [1.82, 2.24) is 24.9 Å². The van der Waals surface area contributed by atoms with Gasteiger partial charge >= 0.3 is 29.8 Å². The number of aliphatic carboxylic acids is 5. The van der Waals surface area contributed by atoms with Gasteiger partial charge in [0.2, 0.25) is 0 Å². The van der Waals surface area contributed by atoms with Crippen LogP contribution in [0, 0.1) is 0 Å². The second-order valence-corrected chi connectivity index (χ2v) is 16.0. The summed E-state index contributed by atoms with van der Waals surface area (Å²) in [5, 5.41) is 60.0. The van der Waals surface area contributed by atoms with Crippen molar-refractivity contribution in [2.45, 2.75) is 95.0 Å². The first-order valence-corrected chi connectivity index (χ1v) is 22.8. The predicted octanol–water partition coefficient (Wildman–Crippen LogP) is 4.23. The molecule has 0 aliphatic heterocycles. The molecule has 0 saturated heterocycles. The van der Waals surface area contributed by atoms with E-state index in [2.05, 4.69) is 75.0 Å². The molecule has 0 unspecified atom stereocenters. The molecule has 420 valence electrons. The maximum Gasteiger partial charge on any atom is 0.320 e. The Balaban J connectivity index is 0.000000500. The van der Waals surface area contributed by atoms with Gasteiger partial charge in [0.1, 0.15) is 30.2 Å². The van der Waals surface area contributed by atoms with Crippen molar-refractivity contribution in [2.24, 2.45) is 54.2 Å². The highest BCUT2D eigenvalue weighted by Gasteiger charge is 2.16. The molecule has 0 amide bonds. The second-order valence-electron chi connectivity index (χ2n) is 16.0. The summed E-state index contributed by atoms with van der Waals surface area (Å²) >= 11 is 0. The van der Waals surface area contributed by atoms with E-state index >= 15 is 0 Å². The van der Waals surface area contributed by atoms with Crippen molar-refractivity contribution in [3.63, 3.8) is 0 Å². The van der Waals surface area contributed by atoms with E-state index in [4.69, 9.17) is 81.9 Å². The van der Waals surface area contributed by atoms with E-state index in [1.807, 2.05) is 0 Å². The van der Waals surface area contributed by atoms with Crippen LogP contribution in [0.2, 0.25) is 0 Å². The van der Waals surface area contributed by atoms with E-state index in [1.54, 1.807) is 79.3 Å². The van der Waals surface area contributed by atoms with Gasteiger partial charge in [0, 0.05) is 103 Å². The minimum atomic E-state index is -1.07. The zero-order valence-corrected chi connectivity index (χ0v) is 42.2. The number of rotatable bonds is 25. The normalized spacial score (nSPS) is 11.6. The van der Waals surface area contributed by atoms with Crippen LogP contribution in [-0.2, 0) is 88.8 Å². The Hall–Kier alpha value is -10.5. The predicted molar refractivity (Wildman–Crippen MR) is 282 cm³/mol. The molecule has 0 spiro atoms. The van der Waals surface area contributed by atoms with Crippen LogP contribution < -0.4 is 28.7 Å². The number of azide groups is 5. The Morgan fingerprint density at radius 3 is 1.30 bits per heavy atom. The molecule has 5 heterocycles. The smallest absolute Gasteiger partial charge is 0.320 e. The average Bonchev–Trinajstić information content (AvgIpc) is 3.43. The van der Waals surface area contributed by atoms with E-state index < -0.39 is 60.1 Å². The van der Waals surface area contributed by atoms with Crippen LogP contribution in [0.5, 0.6) is 0 Å². The Kier molecular flexibility index (Phi) is 32.8. The van der Waals surface area contributed by atoms with Crippen molar-refractivity contribution in [3.8, 4) is 0 Å². The first-order valence-electron chi connectivity index (χ1n) is 22.8. The topological polar surface area (TPSA) is 625 Å². The Morgan fingerprint density at radius 2 is 0.800 bits per heavy atom. The summed E-state index contributed by atoms with van der Waals surface area (Å²) in [5.41, 5.74) is 74.2. The van der Waals surface area contributed by atoms with Crippen molar-refractivity contribution in [1.29, 1.82) is 0 Å². The highest BCUT2D eigenvalue weighted by atomic mass is 16.4. The number of nitrogens with two attached hydrogens (primary N) is 5. The van der Waals surface area contributed by atoms with Crippen LogP contribution in [0.3, 0.4) is 0 Å². The van der Waals surface area contributed by atoms with E-state index in [1.165, 1.54) is 12.4 Å². The molecule has 0 bridgehead atoms. The lowest BCUT2D eigenvalue weighted by molar-refractivity contribution is -0.139. The van der Waals surface area contributed by atoms with Gasteiger partial charge in [0.25, 0.3) is 0 Å². The molecule has 5 rings (SSSR count). The molecular weight excluding hydrogens is 1050 g/mol. The average molecular weight is 1110 g/mol. The number of carboxylic acid groups (broad SMARTS) is 5. The number of hydrogen-bond acceptors (Lipinski definition) is 20. The third kappa shape index (κ3) is 30.1. The quantitative estimate of drug-likeness (QED) is 0.0222. The molecule has 0 fully saturated rings. The summed E-state index contributed by atoms with van der Waals surface area (Å²) in [6, 6.07) is 12.2. The summed E-state index contributed by atoms with van der Waals surface area (Å²) in [4.78, 5) is 85.8. The lowest BCUT2D eigenvalue weighted by Crippen LogP contribution is -2.32. The highest BCUT2D eigenvalue weighted by Crippen LogP contribution is 2.10. The fourth-order valence-electron chi connectivity index (χ4n) is 5.72. The number of aromatic nitrogens is 5. The summed E-state index contributed by atoms with van der Waals surface area (Å²) in [7, 11) is 0. The molecule has 0 aliphatic rings. The van der Waals surface area contributed by atoms with Crippen LogP contribution in [0.25, 0.3) is 52.2 Å². The van der Waals surface area contributed by atoms with E-state index in [0.29, 0.717) is 34.0 Å². The van der Waals surface area contributed by atoms with E-state index in [9.17, 15) is 24.0 Å². The van der Waals surface area contributed by atoms with E-state index in [0.717, 1.165) is 22.3 Å². The molecule has 15 N–H and O–H groups in total. The third-order valence-corrected chi connectivity index (χ3v) is 9.69. The lowest BCUT2D eigenvalue weighted by atomic mass is 10.1. The number of hydrogen-bond donors (Lipinski definition) is 10. The van der Waals surface area contributed by atoms with Crippen molar-refractivity contribution >= 4 is 29.8 Å². The van der Waals surface area contributed by atoms with Crippen molar-refractivity contribution in [2.75, 3.05) is 0 Å². The van der Waals surface area contributed by atoms with Crippen LogP contribution in [0.15, 0.2) is 117 Å². The third-order valence-electron chi connectivity index (χ3n) is 9.69. The Morgan fingerprint density at radius 1 is 0.400 bits per heavy atom. The molecule has 35 nitrogen and oxygen atoms in total. The zero-order valence-electron chi connectivity index (χ0n) is 42.2. The molecule has 5 aromatic heterocycles. The molecule has 0 aliphatic carbocycles. The van der Waals surface area contributed by atoms with Gasteiger partial charge in [-0.3, -0.25) is 48.9 Å². The summed E-state index contributed by atoms with van der Waals surface area (Å²) < 4.78 is 0. The number of carboxylic acids is 5. The zero-order chi connectivity index (χ0) is 59.8.